The minimum absolute atomic E-state index is 0.0577. The second kappa shape index (κ2) is 8.58. The van der Waals surface area contributed by atoms with Crippen LogP contribution in [0.15, 0.2) is 27.9 Å². The standard InChI is InChI=1S/C19H30N2O6Si/c1-19(2,3)28(5,6)26-12-14-8-9-15(27-14)21-11-13(7-10-16(22)25-4)17(23)20-18(21)24/h8-9,11,14-15H,7,10,12H2,1-6H3,(H,20,23,24)/t14-,15+/m0/s1. The number of nitrogens with zero attached hydrogens (tertiary/aromatic N) is 1. The molecule has 0 saturated carbocycles. The van der Waals surface area contributed by atoms with Gasteiger partial charge in [0.15, 0.2) is 14.5 Å². The number of rotatable bonds is 7. The van der Waals surface area contributed by atoms with Crippen LogP contribution in [0.5, 0.6) is 0 Å². The van der Waals surface area contributed by atoms with E-state index in [-0.39, 0.29) is 24.0 Å². The largest absolute Gasteiger partial charge is 0.469 e. The normalized spacial score (nSPS) is 19.8. The molecule has 0 saturated heterocycles. The highest BCUT2D eigenvalue weighted by molar-refractivity contribution is 6.74. The number of methoxy groups -OCH3 is 1. The quantitative estimate of drug-likeness (QED) is 0.420. The minimum atomic E-state index is -1.90. The van der Waals surface area contributed by atoms with E-state index in [4.69, 9.17) is 9.16 Å². The molecule has 156 valence electrons. The number of aryl methyl sites for hydroxylation is 1. The average Bonchev–Trinajstić information content (AvgIpc) is 3.06. The molecular weight excluding hydrogens is 380 g/mol. The monoisotopic (exact) mass is 410 g/mol. The first-order valence-electron chi connectivity index (χ1n) is 9.33. The van der Waals surface area contributed by atoms with Crippen LogP contribution in [0.3, 0.4) is 0 Å². The number of H-pyrrole nitrogens is 1. The van der Waals surface area contributed by atoms with Crippen molar-refractivity contribution in [3.05, 3.63) is 44.8 Å². The average molecular weight is 411 g/mol. The van der Waals surface area contributed by atoms with Gasteiger partial charge in [-0.15, -0.1) is 0 Å². The van der Waals surface area contributed by atoms with Crippen LogP contribution in [0.1, 0.15) is 39.0 Å². The summed E-state index contributed by atoms with van der Waals surface area (Å²) in [5, 5.41) is 0.0963. The van der Waals surface area contributed by atoms with Crippen molar-refractivity contribution in [3.63, 3.8) is 0 Å². The van der Waals surface area contributed by atoms with Crippen LogP contribution in [-0.2, 0) is 25.1 Å². The summed E-state index contributed by atoms with van der Waals surface area (Å²) in [7, 11) is -0.612. The summed E-state index contributed by atoms with van der Waals surface area (Å²) in [6.45, 7) is 11.3. The molecule has 2 atom stereocenters. The Labute approximate surface area is 165 Å². The topological polar surface area (TPSA) is 99.6 Å². The predicted octanol–water partition coefficient (Wildman–Crippen LogP) is 2.12. The number of ether oxygens (including phenoxy) is 2. The third kappa shape index (κ3) is 5.30. The van der Waals surface area contributed by atoms with Crippen LogP contribution in [0.25, 0.3) is 0 Å². The van der Waals surface area contributed by atoms with E-state index >= 15 is 0 Å². The maximum absolute atomic E-state index is 12.2. The number of carbonyl (C=O) groups is 1. The lowest BCUT2D eigenvalue weighted by molar-refractivity contribution is -0.140. The molecule has 0 amide bonds. The highest BCUT2D eigenvalue weighted by atomic mass is 28.4. The maximum Gasteiger partial charge on any atom is 0.330 e. The Kier molecular flexibility index (Phi) is 6.84. The smallest absolute Gasteiger partial charge is 0.330 e. The van der Waals surface area contributed by atoms with Gasteiger partial charge in [-0.05, 0) is 30.6 Å². The van der Waals surface area contributed by atoms with Gasteiger partial charge in [-0.3, -0.25) is 19.1 Å². The molecule has 1 aliphatic heterocycles. The van der Waals surface area contributed by atoms with E-state index in [1.54, 1.807) is 6.08 Å². The number of nitrogens with one attached hydrogen (secondary N) is 1. The minimum Gasteiger partial charge on any atom is -0.469 e. The molecule has 0 aliphatic carbocycles. The van der Waals surface area contributed by atoms with Crippen LogP contribution >= 0.6 is 0 Å². The summed E-state index contributed by atoms with van der Waals surface area (Å²) in [4.78, 5) is 37.8. The Morgan fingerprint density at radius 2 is 1.96 bits per heavy atom. The van der Waals surface area contributed by atoms with Gasteiger partial charge in [0.05, 0.1) is 13.7 Å². The summed E-state index contributed by atoms with van der Waals surface area (Å²) in [5.74, 6) is -0.419. The fourth-order valence-electron chi connectivity index (χ4n) is 2.48. The molecule has 9 heteroatoms. The molecule has 0 aromatic carbocycles. The van der Waals surface area contributed by atoms with Crippen molar-refractivity contribution in [3.8, 4) is 0 Å². The Morgan fingerprint density at radius 1 is 1.29 bits per heavy atom. The molecule has 2 heterocycles. The van der Waals surface area contributed by atoms with E-state index in [9.17, 15) is 14.4 Å². The molecule has 0 radical (unpaired) electrons. The molecule has 1 aromatic heterocycles. The zero-order valence-corrected chi connectivity index (χ0v) is 18.4. The first-order chi connectivity index (χ1) is 12.9. The van der Waals surface area contributed by atoms with E-state index < -0.39 is 31.8 Å². The first kappa shape index (κ1) is 22.3. The van der Waals surface area contributed by atoms with E-state index in [2.05, 4.69) is 43.6 Å². The molecule has 1 aromatic rings. The van der Waals surface area contributed by atoms with Crippen molar-refractivity contribution >= 4 is 14.3 Å². The number of esters is 1. The number of aromatic nitrogens is 2. The fourth-order valence-corrected chi connectivity index (χ4v) is 3.50. The lowest BCUT2D eigenvalue weighted by Crippen LogP contribution is -2.42. The number of hydrogen-bond acceptors (Lipinski definition) is 6. The van der Waals surface area contributed by atoms with Gasteiger partial charge in [-0.25, -0.2) is 4.79 Å². The van der Waals surface area contributed by atoms with Crippen molar-refractivity contribution < 1.29 is 18.7 Å². The number of carbonyl (C=O) groups excluding carboxylic acids is 1. The summed E-state index contributed by atoms with van der Waals surface area (Å²) >= 11 is 0. The molecule has 0 fully saturated rings. The van der Waals surface area contributed by atoms with Crippen LogP contribution < -0.4 is 11.2 Å². The lowest BCUT2D eigenvalue weighted by atomic mass is 10.2. The van der Waals surface area contributed by atoms with E-state index in [1.807, 2.05) is 6.08 Å². The number of hydrogen-bond donors (Lipinski definition) is 1. The van der Waals surface area contributed by atoms with Gasteiger partial charge in [0.1, 0.15) is 6.10 Å². The van der Waals surface area contributed by atoms with Crippen LogP contribution in [0, 0.1) is 0 Å². The van der Waals surface area contributed by atoms with Crippen LogP contribution in [0.4, 0.5) is 0 Å². The predicted molar refractivity (Wildman–Crippen MR) is 108 cm³/mol. The van der Waals surface area contributed by atoms with Crippen molar-refractivity contribution in [2.45, 2.75) is 64.1 Å². The maximum atomic E-state index is 12.2. The van der Waals surface area contributed by atoms with Gasteiger partial charge < -0.3 is 13.9 Å². The second-order valence-corrected chi connectivity index (χ2v) is 13.2. The summed E-state index contributed by atoms with van der Waals surface area (Å²) in [6, 6.07) is 0. The zero-order valence-electron chi connectivity index (χ0n) is 17.4. The Hall–Kier alpha value is -1.97. The SMILES string of the molecule is COC(=O)CCc1cn([C@H]2C=C[C@@H](CO[Si](C)(C)C(C)(C)C)O2)c(=O)[nH]c1=O. The summed E-state index contributed by atoms with van der Waals surface area (Å²) in [6.07, 6.45) is 4.41. The molecule has 0 unspecified atom stereocenters. The van der Waals surface area contributed by atoms with Crippen LogP contribution in [-0.4, -0.2) is 43.7 Å². The highest BCUT2D eigenvalue weighted by Crippen LogP contribution is 2.37. The Morgan fingerprint density at radius 3 is 2.57 bits per heavy atom. The molecule has 1 N–H and O–H groups in total. The molecule has 1 aliphatic rings. The van der Waals surface area contributed by atoms with E-state index in [1.165, 1.54) is 17.9 Å². The molecule has 28 heavy (non-hydrogen) atoms. The van der Waals surface area contributed by atoms with Gasteiger partial charge in [-0.1, -0.05) is 26.8 Å². The molecular formula is C19H30N2O6Si. The van der Waals surface area contributed by atoms with E-state index in [0.29, 0.717) is 12.2 Å². The lowest BCUT2D eigenvalue weighted by Gasteiger charge is -2.36. The zero-order chi connectivity index (χ0) is 21.1. The van der Waals surface area contributed by atoms with Crippen molar-refractivity contribution in [2.75, 3.05) is 13.7 Å². The van der Waals surface area contributed by atoms with Gasteiger partial charge >= 0.3 is 11.7 Å². The van der Waals surface area contributed by atoms with Crippen LogP contribution in [0.2, 0.25) is 18.1 Å². The summed E-state index contributed by atoms with van der Waals surface area (Å²) in [5.41, 5.74) is -0.750. The van der Waals surface area contributed by atoms with Gasteiger partial charge in [0, 0.05) is 18.2 Å². The van der Waals surface area contributed by atoms with Gasteiger partial charge in [0.25, 0.3) is 5.56 Å². The second-order valence-electron chi connectivity index (χ2n) is 8.42. The van der Waals surface area contributed by atoms with Crippen molar-refractivity contribution in [1.82, 2.24) is 9.55 Å². The third-order valence-corrected chi connectivity index (χ3v) is 9.86. The number of aromatic amines is 1. The van der Waals surface area contributed by atoms with E-state index in [0.717, 1.165) is 0 Å². The molecule has 2 rings (SSSR count). The first-order valence-corrected chi connectivity index (χ1v) is 12.2. The highest BCUT2D eigenvalue weighted by Gasteiger charge is 2.38. The van der Waals surface area contributed by atoms with Gasteiger partial charge in [0.2, 0.25) is 0 Å². The molecule has 8 nitrogen and oxygen atoms in total. The Balaban J connectivity index is 2.07. The summed E-state index contributed by atoms with van der Waals surface area (Å²) < 4.78 is 18.0. The van der Waals surface area contributed by atoms with Crippen molar-refractivity contribution in [1.29, 1.82) is 0 Å². The molecule has 0 spiro atoms. The molecule has 0 bridgehead atoms. The van der Waals surface area contributed by atoms with Crippen molar-refractivity contribution in [2.24, 2.45) is 0 Å². The fraction of sp³-hybridized carbons (Fsp3) is 0.632. The Bertz CT molecular complexity index is 849. The van der Waals surface area contributed by atoms with Gasteiger partial charge in [-0.2, -0.15) is 0 Å². The third-order valence-electron chi connectivity index (χ3n) is 5.36.